The summed E-state index contributed by atoms with van der Waals surface area (Å²) >= 11 is 0. The second-order valence-electron chi connectivity index (χ2n) is 10.1. The number of aromatic nitrogens is 2. The van der Waals surface area contributed by atoms with Crippen LogP contribution in [0.15, 0.2) is 6.20 Å². The SMILES string of the molecule is O=C(NC1C2CC3CC1CC(O)(C3)C2)c1cnc(NC2CC2)nc1C1CCCO1. The van der Waals surface area contributed by atoms with Crippen molar-refractivity contribution in [2.24, 2.45) is 17.8 Å². The summed E-state index contributed by atoms with van der Waals surface area (Å²) in [5.41, 5.74) is 0.783. The van der Waals surface area contributed by atoms with E-state index in [-0.39, 0.29) is 18.1 Å². The zero-order valence-electron chi connectivity index (χ0n) is 16.8. The smallest absolute Gasteiger partial charge is 0.255 e. The molecule has 1 amide bonds. The Hall–Kier alpha value is -1.73. The van der Waals surface area contributed by atoms with Gasteiger partial charge < -0.3 is 20.5 Å². The van der Waals surface area contributed by atoms with Gasteiger partial charge in [-0.05, 0) is 75.5 Å². The van der Waals surface area contributed by atoms with Crippen LogP contribution < -0.4 is 10.6 Å². The molecule has 1 aromatic rings. The number of nitrogens with zero attached hydrogens (tertiary/aromatic N) is 2. The van der Waals surface area contributed by atoms with E-state index in [1.165, 1.54) is 0 Å². The lowest BCUT2D eigenvalue weighted by atomic mass is 9.52. The molecule has 0 aromatic carbocycles. The van der Waals surface area contributed by atoms with Crippen LogP contribution in [0.2, 0.25) is 0 Å². The fraction of sp³-hybridized carbons (Fsp3) is 0.773. The molecule has 0 spiro atoms. The minimum absolute atomic E-state index is 0.0852. The van der Waals surface area contributed by atoms with Crippen LogP contribution in [0.4, 0.5) is 5.95 Å². The number of amides is 1. The number of nitrogens with one attached hydrogen (secondary N) is 2. The molecule has 5 saturated carbocycles. The minimum Gasteiger partial charge on any atom is -0.390 e. The molecule has 3 unspecified atom stereocenters. The van der Waals surface area contributed by atoms with E-state index in [1.54, 1.807) is 6.20 Å². The standard InChI is InChI=1S/C22H30N4O3/c27-20(25-18-13-6-12-7-14(18)10-22(28,8-12)9-13)16-11-23-21(24-15-3-4-15)26-19(16)17-2-1-5-29-17/h11-15,17-18,28H,1-10H2,(H,25,27)(H,23,24,26). The van der Waals surface area contributed by atoms with E-state index in [0.29, 0.717) is 41.9 Å². The van der Waals surface area contributed by atoms with Gasteiger partial charge in [-0.2, -0.15) is 0 Å². The molecule has 7 nitrogen and oxygen atoms in total. The van der Waals surface area contributed by atoms with Gasteiger partial charge in [-0.25, -0.2) is 9.97 Å². The fourth-order valence-corrected chi connectivity index (χ4v) is 6.53. The maximum atomic E-state index is 13.3. The maximum Gasteiger partial charge on any atom is 0.255 e. The molecule has 1 aromatic heterocycles. The monoisotopic (exact) mass is 398 g/mol. The van der Waals surface area contributed by atoms with Crippen molar-refractivity contribution in [1.82, 2.24) is 15.3 Å². The molecule has 6 aliphatic rings. The Balaban J connectivity index is 1.24. The molecule has 0 radical (unpaired) electrons. The number of rotatable bonds is 5. The number of hydrogen-bond acceptors (Lipinski definition) is 6. The van der Waals surface area contributed by atoms with Crippen LogP contribution >= 0.6 is 0 Å². The molecule has 6 fully saturated rings. The number of hydrogen-bond donors (Lipinski definition) is 3. The molecule has 7 rings (SSSR count). The van der Waals surface area contributed by atoms with Gasteiger partial charge in [-0.3, -0.25) is 4.79 Å². The van der Waals surface area contributed by atoms with Crippen LogP contribution in [-0.4, -0.2) is 45.3 Å². The third-order valence-electron chi connectivity index (χ3n) is 7.75. The van der Waals surface area contributed by atoms with E-state index in [4.69, 9.17) is 9.72 Å². The second-order valence-corrected chi connectivity index (χ2v) is 10.1. The van der Waals surface area contributed by atoms with Crippen LogP contribution in [0.25, 0.3) is 0 Å². The molecule has 29 heavy (non-hydrogen) atoms. The minimum atomic E-state index is -0.486. The van der Waals surface area contributed by atoms with Crippen molar-refractivity contribution in [3.05, 3.63) is 17.5 Å². The number of anilines is 1. The van der Waals surface area contributed by atoms with E-state index in [9.17, 15) is 9.90 Å². The van der Waals surface area contributed by atoms with Crippen LogP contribution in [0.3, 0.4) is 0 Å². The Kier molecular flexibility index (Phi) is 4.14. The first kappa shape index (κ1) is 18.1. The van der Waals surface area contributed by atoms with Crippen LogP contribution in [0, 0.1) is 17.8 Å². The molecule has 3 N–H and O–H groups in total. The molecule has 4 bridgehead atoms. The number of carbonyl (C=O) groups excluding carboxylic acids is 1. The number of ether oxygens (including phenoxy) is 1. The van der Waals surface area contributed by atoms with Crippen molar-refractivity contribution in [2.45, 2.75) is 81.6 Å². The van der Waals surface area contributed by atoms with Gasteiger partial charge in [0, 0.05) is 24.9 Å². The van der Waals surface area contributed by atoms with Crippen LogP contribution in [-0.2, 0) is 4.74 Å². The molecule has 5 aliphatic carbocycles. The normalized spacial score (nSPS) is 40.2. The molecule has 1 aliphatic heterocycles. The molecule has 7 heteroatoms. The molecule has 3 atom stereocenters. The maximum absolute atomic E-state index is 13.3. The lowest BCUT2D eigenvalue weighted by Crippen LogP contribution is -2.61. The zero-order chi connectivity index (χ0) is 19.6. The molecular formula is C22H30N4O3. The number of carbonyl (C=O) groups is 1. The largest absolute Gasteiger partial charge is 0.390 e. The Bertz CT molecular complexity index is 804. The summed E-state index contributed by atoms with van der Waals surface area (Å²) in [6.45, 7) is 0.716. The van der Waals surface area contributed by atoms with Gasteiger partial charge >= 0.3 is 0 Å². The third-order valence-corrected chi connectivity index (χ3v) is 7.75. The summed E-state index contributed by atoms with van der Waals surface area (Å²) < 4.78 is 5.87. The molecule has 2 heterocycles. The lowest BCUT2D eigenvalue weighted by Gasteiger charge is -2.58. The summed E-state index contributed by atoms with van der Waals surface area (Å²) in [4.78, 5) is 22.4. The predicted molar refractivity (Wildman–Crippen MR) is 106 cm³/mol. The summed E-state index contributed by atoms with van der Waals surface area (Å²) in [7, 11) is 0. The van der Waals surface area contributed by atoms with Crippen molar-refractivity contribution in [2.75, 3.05) is 11.9 Å². The van der Waals surface area contributed by atoms with Crippen LogP contribution in [0.5, 0.6) is 0 Å². The number of aliphatic hydroxyl groups is 1. The Morgan fingerprint density at radius 1 is 1.17 bits per heavy atom. The van der Waals surface area contributed by atoms with E-state index in [0.717, 1.165) is 63.5 Å². The topological polar surface area (TPSA) is 96.4 Å². The van der Waals surface area contributed by atoms with Crippen LogP contribution in [0.1, 0.15) is 79.9 Å². The quantitative estimate of drug-likeness (QED) is 0.705. The van der Waals surface area contributed by atoms with Crippen molar-refractivity contribution < 1.29 is 14.6 Å². The highest BCUT2D eigenvalue weighted by Gasteiger charge is 2.55. The van der Waals surface area contributed by atoms with Crippen molar-refractivity contribution in [3.8, 4) is 0 Å². The fourth-order valence-electron chi connectivity index (χ4n) is 6.53. The predicted octanol–water partition coefficient (Wildman–Crippen LogP) is 2.57. The summed E-state index contributed by atoms with van der Waals surface area (Å²) in [6.07, 6.45) is 10.6. The molecule has 1 saturated heterocycles. The lowest BCUT2D eigenvalue weighted by molar-refractivity contribution is -0.136. The van der Waals surface area contributed by atoms with Crippen molar-refractivity contribution in [3.63, 3.8) is 0 Å². The first-order chi connectivity index (χ1) is 14.1. The first-order valence-corrected chi connectivity index (χ1v) is 11.3. The highest BCUT2D eigenvalue weighted by Crippen LogP contribution is 2.55. The van der Waals surface area contributed by atoms with Gasteiger partial charge in [0.15, 0.2) is 0 Å². The summed E-state index contributed by atoms with van der Waals surface area (Å²) in [5.74, 6) is 1.92. The summed E-state index contributed by atoms with van der Waals surface area (Å²) in [5, 5.41) is 17.5. The van der Waals surface area contributed by atoms with Gasteiger partial charge in [0.1, 0.15) is 6.10 Å². The van der Waals surface area contributed by atoms with Crippen molar-refractivity contribution in [1.29, 1.82) is 0 Å². The Labute approximate surface area is 171 Å². The first-order valence-electron chi connectivity index (χ1n) is 11.3. The zero-order valence-corrected chi connectivity index (χ0v) is 16.8. The second kappa shape index (κ2) is 6.64. The van der Waals surface area contributed by atoms with E-state index in [2.05, 4.69) is 15.6 Å². The van der Waals surface area contributed by atoms with E-state index >= 15 is 0 Å². The average Bonchev–Trinajstić information content (AvgIpc) is 3.32. The van der Waals surface area contributed by atoms with E-state index in [1.807, 2.05) is 0 Å². The third kappa shape index (κ3) is 3.32. The van der Waals surface area contributed by atoms with Gasteiger partial charge in [0.05, 0.1) is 16.9 Å². The highest BCUT2D eigenvalue weighted by molar-refractivity contribution is 5.95. The van der Waals surface area contributed by atoms with Gasteiger partial charge in [-0.1, -0.05) is 0 Å². The molecular weight excluding hydrogens is 368 g/mol. The van der Waals surface area contributed by atoms with Crippen molar-refractivity contribution >= 4 is 11.9 Å². The highest BCUT2D eigenvalue weighted by atomic mass is 16.5. The average molecular weight is 399 g/mol. The Morgan fingerprint density at radius 2 is 1.97 bits per heavy atom. The van der Waals surface area contributed by atoms with Gasteiger partial charge in [0.25, 0.3) is 5.91 Å². The summed E-state index contributed by atoms with van der Waals surface area (Å²) in [6, 6.07) is 0.617. The Morgan fingerprint density at radius 3 is 2.62 bits per heavy atom. The molecule has 156 valence electrons. The van der Waals surface area contributed by atoms with E-state index < -0.39 is 5.60 Å². The van der Waals surface area contributed by atoms with Gasteiger partial charge in [0.2, 0.25) is 5.95 Å². The van der Waals surface area contributed by atoms with Gasteiger partial charge in [-0.15, -0.1) is 0 Å².